The van der Waals surface area contributed by atoms with Gasteiger partial charge in [-0.05, 0) is 53.7 Å². The number of esters is 1. The number of ether oxygens (including phenoxy) is 1. The SMILES string of the molecule is CCOC(=O)C1=NN(c2ccccc2)[C@@]2(S1)c1ccccc1C(c1cccc3ccccc13)=NN2c1ccccc1. The van der Waals surface area contributed by atoms with Crippen LogP contribution in [0.4, 0.5) is 11.4 Å². The van der Waals surface area contributed by atoms with Gasteiger partial charge in [-0.1, -0.05) is 103 Å². The largest absolute Gasteiger partial charge is 0.461 e. The van der Waals surface area contributed by atoms with Gasteiger partial charge >= 0.3 is 5.97 Å². The molecule has 7 heteroatoms. The fourth-order valence-electron chi connectivity index (χ4n) is 5.48. The molecule has 1 spiro atoms. The first-order valence-electron chi connectivity index (χ1n) is 13.5. The maximum absolute atomic E-state index is 13.2. The average molecular weight is 555 g/mol. The van der Waals surface area contributed by atoms with Crippen LogP contribution in [0.2, 0.25) is 0 Å². The number of hydrogen-bond acceptors (Lipinski definition) is 7. The molecule has 41 heavy (non-hydrogen) atoms. The molecule has 5 aromatic carbocycles. The number of anilines is 2. The van der Waals surface area contributed by atoms with E-state index in [-0.39, 0.29) is 11.7 Å². The van der Waals surface area contributed by atoms with Crippen LogP contribution in [0.5, 0.6) is 0 Å². The molecule has 200 valence electrons. The second-order valence-electron chi connectivity index (χ2n) is 9.65. The molecule has 0 radical (unpaired) electrons. The van der Waals surface area contributed by atoms with E-state index in [9.17, 15) is 4.79 Å². The van der Waals surface area contributed by atoms with Crippen LogP contribution in [-0.2, 0) is 14.5 Å². The van der Waals surface area contributed by atoms with Crippen LogP contribution in [0.3, 0.4) is 0 Å². The lowest BCUT2D eigenvalue weighted by molar-refractivity contribution is -0.134. The molecule has 0 aromatic heterocycles. The first-order valence-corrected chi connectivity index (χ1v) is 14.3. The lowest BCUT2D eigenvalue weighted by atomic mass is 9.91. The standard InChI is InChI=1S/C34H26N4O2S/c1-2-40-33(39)32-36-38(26-18-7-4-8-19-26)34(41-32)30-23-12-11-21-29(30)31(35-37(34)25-16-5-3-6-17-25)28-22-13-15-24-14-9-10-20-27(24)28/h3-23H,2H2,1H3/t34-/m1/s1. The van der Waals surface area contributed by atoms with E-state index in [4.69, 9.17) is 14.9 Å². The van der Waals surface area contributed by atoms with Crippen molar-refractivity contribution in [3.8, 4) is 0 Å². The van der Waals surface area contributed by atoms with Crippen LogP contribution in [0.1, 0.15) is 23.6 Å². The molecule has 2 aliphatic rings. The Kier molecular flexibility index (Phi) is 6.29. The summed E-state index contributed by atoms with van der Waals surface area (Å²) in [6, 6.07) is 42.9. The van der Waals surface area contributed by atoms with Crippen molar-refractivity contribution in [1.82, 2.24) is 0 Å². The van der Waals surface area contributed by atoms with Crippen LogP contribution in [0.25, 0.3) is 10.8 Å². The van der Waals surface area contributed by atoms with Crippen LogP contribution in [0.15, 0.2) is 138 Å². The molecule has 0 bridgehead atoms. The maximum Gasteiger partial charge on any atom is 0.365 e. The monoisotopic (exact) mass is 554 g/mol. The third kappa shape index (κ3) is 4.08. The Labute approximate surface area is 242 Å². The normalized spacial score (nSPS) is 17.8. The number of carbonyl (C=O) groups is 1. The van der Waals surface area contributed by atoms with Gasteiger partial charge in [-0.25, -0.2) is 14.8 Å². The summed E-state index contributed by atoms with van der Waals surface area (Å²) in [7, 11) is 0. The predicted octanol–water partition coefficient (Wildman–Crippen LogP) is 7.35. The Morgan fingerprint density at radius 3 is 2.02 bits per heavy atom. The van der Waals surface area contributed by atoms with Crippen molar-refractivity contribution < 1.29 is 9.53 Å². The van der Waals surface area contributed by atoms with E-state index >= 15 is 0 Å². The van der Waals surface area contributed by atoms with E-state index in [1.807, 2.05) is 82.8 Å². The van der Waals surface area contributed by atoms with Crippen LogP contribution in [-0.4, -0.2) is 23.3 Å². The molecule has 0 aliphatic carbocycles. The molecule has 5 aromatic rings. The quantitative estimate of drug-likeness (QED) is 0.213. The number of rotatable bonds is 5. The zero-order valence-corrected chi connectivity index (χ0v) is 23.2. The number of benzene rings is 5. The van der Waals surface area contributed by atoms with Crippen molar-refractivity contribution in [2.45, 2.75) is 11.9 Å². The summed E-state index contributed by atoms with van der Waals surface area (Å²) >= 11 is 1.35. The molecule has 2 aliphatic heterocycles. The van der Waals surface area contributed by atoms with E-state index < -0.39 is 11.0 Å². The first-order chi connectivity index (χ1) is 20.2. The molecule has 6 nitrogen and oxygen atoms in total. The summed E-state index contributed by atoms with van der Waals surface area (Å²) in [5.41, 5.74) is 5.54. The fourth-order valence-corrected chi connectivity index (χ4v) is 6.77. The zero-order chi connectivity index (χ0) is 27.8. The summed E-state index contributed by atoms with van der Waals surface area (Å²) in [6.07, 6.45) is 0. The summed E-state index contributed by atoms with van der Waals surface area (Å²) in [4.78, 5) is 12.1. The highest BCUT2D eigenvalue weighted by molar-refractivity contribution is 8.16. The van der Waals surface area contributed by atoms with Crippen LogP contribution >= 0.6 is 11.8 Å². The molecule has 0 saturated carbocycles. The van der Waals surface area contributed by atoms with Gasteiger partial charge in [0.1, 0.15) is 0 Å². The minimum absolute atomic E-state index is 0.263. The Balaban J connectivity index is 1.53. The van der Waals surface area contributed by atoms with Gasteiger partial charge in [0.25, 0.3) is 0 Å². The highest BCUT2D eigenvalue weighted by Crippen LogP contribution is 2.55. The number of hydrogen-bond donors (Lipinski definition) is 0. The summed E-state index contributed by atoms with van der Waals surface area (Å²) < 4.78 is 5.44. The van der Waals surface area contributed by atoms with Gasteiger partial charge in [0.05, 0.1) is 23.7 Å². The van der Waals surface area contributed by atoms with Crippen molar-refractivity contribution in [1.29, 1.82) is 0 Å². The van der Waals surface area contributed by atoms with Gasteiger partial charge in [-0.2, -0.15) is 10.2 Å². The van der Waals surface area contributed by atoms with E-state index in [2.05, 4.69) is 54.6 Å². The van der Waals surface area contributed by atoms with Crippen molar-refractivity contribution in [3.05, 3.63) is 144 Å². The molecule has 0 N–H and O–H groups in total. The molecule has 0 saturated heterocycles. The van der Waals surface area contributed by atoms with Gasteiger partial charge in [-0.3, -0.25) is 0 Å². The number of carbonyl (C=O) groups excluding carboxylic acids is 1. The van der Waals surface area contributed by atoms with Gasteiger partial charge in [-0.15, -0.1) is 0 Å². The molecule has 0 unspecified atom stereocenters. The lowest BCUT2D eigenvalue weighted by Crippen LogP contribution is -2.54. The fraction of sp³-hybridized carbons (Fsp3) is 0.0882. The van der Waals surface area contributed by atoms with E-state index in [0.717, 1.165) is 44.5 Å². The molecule has 2 heterocycles. The molecular formula is C34H26N4O2S. The van der Waals surface area contributed by atoms with E-state index in [1.165, 1.54) is 11.8 Å². The van der Waals surface area contributed by atoms with E-state index in [0.29, 0.717) is 0 Å². The summed E-state index contributed by atoms with van der Waals surface area (Å²) in [5.74, 6) is -0.454. The Bertz CT molecular complexity index is 1820. The van der Waals surface area contributed by atoms with Crippen molar-refractivity contribution in [3.63, 3.8) is 0 Å². The number of hydrazone groups is 2. The molecule has 1 atom stereocenters. The Morgan fingerprint density at radius 2 is 1.29 bits per heavy atom. The number of fused-ring (bicyclic) bond motifs is 3. The Hall–Kier alpha value is -4.88. The van der Waals surface area contributed by atoms with Crippen molar-refractivity contribution in [2.24, 2.45) is 10.2 Å². The van der Waals surface area contributed by atoms with Gasteiger partial charge < -0.3 is 4.74 Å². The minimum Gasteiger partial charge on any atom is -0.461 e. The predicted molar refractivity (Wildman–Crippen MR) is 167 cm³/mol. The zero-order valence-electron chi connectivity index (χ0n) is 22.3. The maximum atomic E-state index is 13.2. The van der Waals surface area contributed by atoms with Gasteiger partial charge in [0, 0.05) is 16.7 Å². The third-order valence-corrected chi connectivity index (χ3v) is 8.53. The summed E-state index contributed by atoms with van der Waals surface area (Å²) in [6.45, 7) is 2.06. The van der Waals surface area contributed by atoms with Crippen LogP contribution in [0, 0.1) is 0 Å². The topological polar surface area (TPSA) is 57.5 Å². The lowest BCUT2D eigenvalue weighted by Gasteiger charge is -2.47. The third-order valence-electron chi connectivity index (χ3n) is 7.23. The number of nitrogens with zero attached hydrogens (tertiary/aromatic N) is 4. The summed E-state index contributed by atoms with van der Waals surface area (Å²) in [5, 5.41) is 16.8. The van der Waals surface area contributed by atoms with Crippen LogP contribution < -0.4 is 10.0 Å². The first kappa shape index (κ1) is 25.1. The highest BCUT2D eigenvalue weighted by Gasteiger charge is 2.56. The van der Waals surface area contributed by atoms with Crippen molar-refractivity contribution in [2.75, 3.05) is 16.6 Å². The molecule has 0 fully saturated rings. The van der Waals surface area contributed by atoms with Crippen molar-refractivity contribution >= 4 is 50.6 Å². The number of thioether (sulfide) groups is 1. The molecular weight excluding hydrogens is 528 g/mol. The molecule has 0 amide bonds. The minimum atomic E-state index is -1.03. The second-order valence-corrected chi connectivity index (χ2v) is 10.8. The molecule has 7 rings (SSSR count). The van der Waals surface area contributed by atoms with Gasteiger partial charge in [0.2, 0.25) is 10.0 Å². The Morgan fingerprint density at radius 1 is 0.707 bits per heavy atom. The van der Waals surface area contributed by atoms with Gasteiger partial charge in [0.15, 0.2) is 0 Å². The second kappa shape index (κ2) is 10.3. The van der Waals surface area contributed by atoms with E-state index in [1.54, 1.807) is 6.92 Å². The number of para-hydroxylation sites is 2. The highest BCUT2D eigenvalue weighted by atomic mass is 32.2. The smallest absolute Gasteiger partial charge is 0.365 e. The average Bonchev–Trinajstić information content (AvgIpc) is 3.43.